The van der Waals surface area contributed by atoms with Gasteiger partial charge in [0.25, 0.3) is 0 Å². The predicted molar refractivity (Wildman–Crippen MR) is 80.1 cm³/mol. The molecule has 110 valence electrons. The molecule has 21 heavy (non-hydrogen) atoms. The van der Waals surface area contributed by atoms with Crippen LogP contribution in [0.2, 0.25) is 0 Å². The third kappa shape index (κ3) is 3.13. The summed E-state index contributed by atoms with van der Waals surface area (Å²) in [4.78, 5) is 0. The van der Waals surface area contributed by atoms with Gasteiger partial charge in [-0.1, -0.05) is 24.3 Å². The van der Waals surface area contributed by atoms with E-state index in [1.54, 1.807) is 6.07 Å². The van der Waals surface area contributed by atoms with E-state index in [2.05, 4.69) is 18.2 Å². The van der Waals surface area contributed by atoms with E-state index in [4.69, 9.17) is 5.73 Å². The van der Waals surface area contributed by atoms with Crippen molar-refractivity contribution in [3.63, 3.8) is 0 Å². The van der Waals surface area contributed by atoms with Crippen molar-refractivity contribution < 1.29 is 8.78 Å². The van der Waals surface area contributed by atoms with Crippen molar-refractivity contribution in [2.24, 2.45) is 5.73 Å². The lowest BCUT2D eigenvalue weighted by molar-refractivity contribution is 0.506. The topological polar surface area (TPSA) is 26.0 Å². The molecule has 1 nitrogen and oxygen atoms in total. The second-order valence-corrected chi connectivity index (χ2v) is 5.79. The first-order valence-electron chi connectivity index (χ1n) is 7.44. The normalized spacial score (nSPS) is 15.6. The van der Waals surface area contributed by atoms with Crippen LogP contribution in [0.4, 0.5) is 8.78 Å². The molecule has 0 amide bonds. The number of nitrogens with two attached hydrogens (primary N) is 1. The van der Waals surface area contributed by atoms with E-state index >= 15 is 0 Å². The number of hydrogen-bond acceptors (Lipinski definition) is 1. The number of hydrogen-bond donors (Lipinski definition) is 1. The highest BCUT2D eigenvalue weighted by Crippen LogP contribution is 2.25. The van der Waals surface area contributed by atoms with Gasteiger partial charge in [0, 0.05) is 6.04 Å². The van der Waals surface area contributed by atoms with Crippen LogP contribution in [0.25, 0.3) is 0 Å². The lowest BCUT2D eigenvalue weighted by Crippen LogP contribution is -2.15. The minimum absolute atomic E-state index is 0.193. The Bertz CT molecular complexity index is 652. The molecule has 0 heterocycles. The zero-order valence-electron chi connectivity index (χ0n) is 11.9. The summed E-state index contributed by atoms with van der Waals surface area (Å²) in [6.07, 6.45) is 5.26. The molecule has 0 bridgehead atoms. The lowest BCUT2D eigenvalue weighted by atomic mass is 9.88. The summed E-state index contributed by atoms with van der Waals surface area (Å²) in [5.41, 5.74) is 10.8. The Morgan fingerprint density at radius 3 is 2.43 bits per heavy atom. The van der Waals surface area contributed by atoms with E-state index in [1.165, 1.54) is 30.0 Å². The van der Waals surface area contributed by atoms with Gasteiger partial charge in [0.2, 0.25) is 0 Å². The summed E-state index contributed by atoms with van der Waals surface area (Å²) in [5, 5.41) is 0. The zero-order chi connectivity index (χ0) is 14.8. The fourth-order valence-electron chi connectivity index (χ4n) is 3.02. The molecular weight excluding hydrogens is 268 g/mol. The molecular formula is C18H19F2N. The van der Waals surface area contributed by atoms with Gasteiger partial charge in [-0.25, -0.2) is 8.78 Å². The highest BCUT2D eigenvalue weighted by molar-refractivity contribution is 5.36. The molecule has 0 fully saturated rings. The largest absolute Gasteiger partial charge is 0.324 e. The molecule has 0 aromatic heterocycles. The molecule has 1 unspecified atom stereocenters. The maximum Gasteiger partial charge on any atom is 0.159 e. The average Bonchev–Trinajstić information content (AvgIpc) is 2.50. The van der Waals surface area contributed by atoms with Gasteiger partial charge < -0.3 is 5.73 Å². The lowest BCUT2D eigenvalue weighted by Gasteiger charge is -2.19. The van der Waals surface area contributed by atoms with Crippen molar-refractivity contribution in [2.45, 2.75) is 38.1 Å². The molecule has 0 spiro atoms. The quantitative estimate of drug-likeness (QED) is 0.904. The second kappa shape index (κ2) is 5.94. The maximum absolute atomic E-state index is 13.2. The van der Waals surface area contributed by atoms with Gasteiger partial charge in [0.15, 0.2) is 11.6 Å². The molecule has 2 aromatic rings. The molecule has 2 N–H and O–H groups in total. The van der Waals surface area contributed by atoms with Gasteiger partial charge in [-0.2, -0.15) is 0 Å². The van der Waals surface area contributed by atoms with E-state index in [-0.39, 0.29) is 6.04 Å². The molecule has 1 aliphatic rings. The summed E-state index contributed by atoms with van der Waals surface area (Å²) in [6.45, 7) is 0. The molecule has 3 rings (SSSR count). The SMILES string of the molecule is NC(Cc1ccc(F)c(F)c1)c1ccc2c(c1)CCCC2. The van der Waals surface area contributed by atoms with Crippen molar-refractivity contribution >= 4 is 0 Å². The van der Waals surface area contributed by atoms with Crippen LogP contribution in [0.15, 0.2) is 36.4 Å². The van der Waals surface area contributed by atoms with Crippen LogP contribution < -0.4 is 5.73 Å². The molecule has 0 aliphatic heterocycles. The van der Waals surface area contributed by atoms with Crippen LogP contribution in [0.5, 0.6) is 0 Å². The Labute approximate surface area is 123 Å². The Morgan fingerprint density at radius 2 is 1.67 bits per heavy atom. The predicted octanol–water partition coefficient (Wildman–Crippen LogP) is 4.09. The molecule has 3 heteroatoms. The first-order valence-corrected chi connectivity index (χ1v) is 7.44. The van der Waals surface area contributed by atoms with Crippen LogP contribution in [0.1, 0.15) is 41.1 Å². The van der Waals surface area contributed by atoms with Crippen LogP contribution in [0.3, 0.4) is 0 Å². The van der Waals surface area contributed by atoms with E-state index in [0.717, 1.165) is 30.0 Å². The first kappa shape index (κ1) is 14.2. The fourth-order valence-corrected chi connectivity index (χ4v) is 3.02. The number of fused-ring (bicyclic) bond motifs is 1. The third-order valence-corrected chi connectivity index (χ3v) is 4.24. The second-order valence-electron chi connectivity index (χ2n) is 5.79. The van der Waals surface area contributed by atoms with E-state index < -0.39 is 11.6 Å². The number of benzene rings is 2. The first-order chi connectivity index (χ1) is 10.1. The van der Waals surface area contributed by atoms with E-state index in [9.17, 15) is 8.78 Å². The minimum Gasteiger partial charge on any atom is -0.324 e. The third-order valence-electron chi connectivity index (χ3n) is 4.24. The van der Waals surface area contributed by atoms with Crippen molar-refractivity contribution in [1.29, 1.82) is 0 Å². The van der Waals surface area contributed by atoms with Crippen molar-refractivity contribution in [2.75, 3.05) is 0 Å². The molecule has 2 aromatic carbocycles. The Balaban J connectivity index is 1.78. The van der Waals surface area contributed by atoms with Gasteiger partial charge in [0.05, 0.1) is 0 Å². The highest BCUT2D eigenvalue weighted by atomic mass is 19.2. The summed E-state index contributed by atoms with van der Waals surface area (Å²) < 4.78 is 26.2. The standard InChI is InChI=1S/C18H19F2N/c19-16-8-5-12(9-17(16)20)10-18(21)15-7-6-13-3-1-2-4-14(13)11-15/h5-9,11,18H,1-4,10,21H2. The van der Waals surface area contributed by atoms with Crippen molar-refractivity contribution in [3.8, 4) is 0 Å². The maximum atomic E-state index is 13.2. The van der Waals surface area contributed by atoms with Gasteiger partial charge >= 0.3 is 0 Å². The van der Waals surface area contributed by atoms with Crippen molar-refractivity contribution in [3.05, 3.63) is 70.3 Å². The van der Waals surface area contributed by atoms with Gasteiger partial charge in [-0.05, 0) is 66.5 Å². The fraction of sp³-hybridized carbons (Fsp3) is 0.333. The minimum atomic E-state index is -0.818. The van der Waals surface area contributed by atoms with Crippen LogP contribution in [0, 0.1) is 11.6 Å². The highest BCUT2D eigenvalue weighted by Gasteiger charge is 2.14. The summed E-state index contributed by atoms with van der Waals surface area (Å²) in [5.74, 6) is -1.63. The monoisotopic (exact) mass is 287 g/mol. The average molecular weight is 287 g/mol. The molecule has 1 atom stereocenters. The van der Waals surface area contributed by atoms with Gasteiger partial charge in [-0.3, -0.25) is 0 Å². The van der Waals surface area contributed by atoms with Gasteiger partial charge in [0.1, 0.15) is 0 Å². The number of aryl methyl sites for hydroxylation is 2. The smallest absolute Gasteiger partial charge is 0.159 e. The number of rotatable bonds is 3. The Kier molecular flexibility index (Phi) is 4.02. The molecule has 0 radical (unpaired) electrons. The summed E-state index contributed by atoms with van der Waals surface area (Å²) >= 11 is 0. The zero-order valence-corrected chi connectivity index (χ0v) is 11.9. The van der Waals surface area contributed by atoms with Crippen LogP contribution >= 0.6 is 0 Å². The van der Waals surface area contributed by atoms with Crippen molar-refractivity contribution in [1.82, 2.24) is 0 Å². The molecule has 0 saturated carbocycles. The summed E-state index contributed by atoms with van der Waals surface area (Å²) in [6, 6.07) is 10.2. The summed E-state index contributed by atoms with van der Waals surface area (Å²) in [7, 11) is 0. The van der Waals surface area contributed by atoms with E-state index in [1.807, 2.05) is 0 Å². The van der Waals surface area contributed by atoms with Crippen LogP contribution in [-0.4, -0.2) is 0 Å². The number of halogens is 2. The molecule has 1 aliphatic carbocycles. The Morgan fingerprint density at radius 1 is 0.905 bits per heavy atom. The van der Waals surface area contributed by atoms with Gasteiger partial charge in [-0.15, -0.1) is 0 Å². The molecule has 0 saturated heterocycles. The van der Waals surface area contributed by atoms with Crippen LogP contribution in [-0.2, 0) is 19.3 Å². The van der Waals surface area contributed by atoms with E-state index in [0.29, 0.717) is 6.42 Å². The Hall–Kier alpha value is -1.74.